The Balaban J connectivity index is 1.64. The van der Waals surface area contributed by atoms with Crippen LogP contribution >= 0.6 is 0 Å². The fourth-order valence-corrected chi connectivity index (χ4v) is 5.44. The van der Waals surface area contributed by atoms with Crippen LogP contribution < -0.4 is 10.6 Å². The zero-order chi connectivity index (χ0) is 21.3. The Hall–Kier alpha value is -1.80. The normalized spacial score (nSPS) is 29.5. The first kappa shape index (κ1) is 21.4. The van der Waals surface area contributed by atoms with Crippen molar-refractivity contribution in [1.82, 2.24) is 25.6 Å². The molecule has 8 nitrogen and oxygen atoms in total. The van der Waals surface area contributed by atoms with Crippen LogP contribution in [0.5, 0.6) is 0 Å². The van der Waals surface area contributed by atoms with Crippen molar-refractivity contribution >= 4 is 11.7 Å². The van der Waals surface area contributed by atoms with E-state index >= 15 is 0 Å². The number of β-amino-alcohol motifs (C(OH)–C–C–N with tert-alkyl or cyclic N) is 1. The minimum absolute atomic E-state index is 0.0235. The molecule has 3 fully saturated rings. The standard InChI is InChI=1S/C22H35N5O3/c1-14(10-15-6-4-3-5-7-15)19(27-13-18(25-26-27)16-8-9-16)20(29)22(21(30)23-2)11-17(28)12-24-22/h13-17,19,24,28H,3-12H2,1-2H3,(H,23,30)/t14?,17?,19?,22-/m0/s1. The van der Waals surface area contributed by atoms with Crippen molar-refractivity contribution < 1.29 is 14.7 Å². The van der Waals surface area contributed by atoms with E-state index in [-0.39, 0.29) is 30.6 Å². The van der Waals surface area contributed by atoms with Crippen LogP contribution in [0.2, 0.25) is 0 Å². The zero-order valence-corrected chi connectivity index (χ0v) is 18.1. The molecule has 4 atom stereocenters. The van der Waals surface area contributed by atoms with Gasteiger partial charge in [-0.05, 0) is 31.1 Å². The Kier molecular flexibility index (Phi) is 6.25. The Morgan fingerprint density at radius 2 is 2.03 bits per heavy atom. The summed E-state index contributed by atoms with van der Waals surface area (Å²) < 4.78 is 1.69. The number of aliphatic hydroxyl groups excluding tert-OH is 1. The number of hydrogen-bond donors (Lipinski definition) is 3. The molecule has 2 aliphatic carbocycles. The second-order valence-corrected chi connectivity index (χ2v) is 9.65. The first-order valence-corrected chi connectivity index (χ1v) is 11.6. The second-order valence-electron chi connectivity index (χ2n) is 9.65. The summed E-state index contributed by atoms with van der Waals surface area (Å²) in [6, 6.07) is -0.581. The lowest BCUT2D eigenvalue weighted by Gasteiger charge is -2.34. The Labute approximate surface area is 178 Å². The molecule has 1 amide bonds. The summed E-state index contributed by atoms with van der Waals surface area (Å²) >= 11 is 0. The first-order chi connectivity index (χ1) is 14.4. The van der Waals surface area contributed by atoms with Gasteiger partial charge in [-0.25, -0.2) is 4.68 Å². The number of aliphatic hydroxyl groups is 1. The number of ketones is 1. The molecule has 166 valence electrons. The van der Waals surface area contributed by atoms with E-state index in [0.29, 0.717) is 11.8 Å². The predicted molar refractivity (Wildman–Crippen MR) is 112 cm³/mol. The molecule has 1 aromatic heterocycles. The lowest BCUT2D eigenvalue weighted by Crippen LogP contribution is -2.61. The van der Waals surface area contributed by atoms with Crippen LogP contribution in [0.4, 0.5) is 0 Å². The van der Waals surface area contributed by atoms with Gasteiger partial charge in [0.15, 0.2) is 11.3 Å². The molecule has 2 saturated carbocycles. The average Bonchev–Trinajstić information content (AvgIpc) is 3.35. The molecule has 3 N–H and O–H groups in total. The number of nitrogens with zero attached hydrogens (tertiary/aromatic N) is 3. The molecular formula is C22H35N5O3. The van der Waals surface area contributed by atoms with Gasteiger partial charge in [-0.1, -0.05) is 44.2 Å². The summed E-state index contributed by atoms with van der Waals surface area (Å²) in [5.41, 5.74) is -0.489. The van der Waals surface area contributed by atoms with Crippen LogP contribution in [-0.4, -0.2) is 57.0 Å². The van der Waals surface area contributed by atoms with E-state index in [1.54, 1.807) is 4.68 Å². The van der Waals surface area contributed by atoms with Gasteiger partial charge in [0.05, 0.1) is 11.8 Å². The van der Waals surface area contributed by atoms with Crippen LogP contribution in [0.3, 0.4) is 0 Å². The van der Waals surface area contributed by atoms with E-state index in [1.165, 1.54) is 39.2 Å². The molecule has 1 aromatic rings. The highest BCUT2D eigenvalue weighted by molar-refractivity contribution is 6.12. The smallest absolute Gasteiger partial charge is 0.247 e. The van der Waals surface area contributed by atoms with Crippen molar-refractivity contribution in [2.24, 2.45) is 11.8 Å². The number of hydrogen-bond acceptors (Lipinski definition) is 6. The highest BCUT2D eigenvalue weighted by atomic mass is 16.3. The Morgan fingerprint density at radius 3 is 2.63 bits per heavy atom. The van der Waals surface area contributed by atoms with E-state index in [9.17, 15) is 14.7 Å². The molecule has 2 heterocycles. The molecule has 30 heavy (non-hydrogen) atoms. The van der Waals surface area contributed by atoms with Crippen molar-refractivity contribution in [3.8, 4) is 0 Å². The molecule has 4 rings (SSSR count). The largest absolute Gasteiger partial charge is 0.392 e. The Morgan fingerprint density at radius 1 is 1.30 bits per heavy atom. The number of Topliss-reactive ketones (excluding diaryl/α,β-unsaturated/α-hetero) is 1. The van der Waals surface area contributed by atoms with Gasteiger partial charge < -0.3 is 10.4 Å². The molecular weight excluding hydrogens is 382 g/mol. The van der Waals surface area contributed by atoms with E-state index in [0.717, 1.165) is 25.0 Å². The van der Waals surface area contributed by atoms with Crippen LogP contribution in [0.1, 0.15) is 82.4 Å². The van der Waals surface area contributed by atoms with Crippen LogP contribution in [0.15, 0.2) is 6.20 Å². The third kappa shape index (κ3) is 4.17. The minimum atomic E-state index is -1.43. The average molecular weight is 418 g/mol. The number of carbonyl (C=O) groups excluding carboxylic acids is 2. The number of carbonyl (C=O) groups is 2. The summed E-state index contributed by atoms with van der Waals surface area (Å²) in [6.45, 7) is 2.33. The van der Waals surface area contributed by atoms with Gasteiger partial charge in [-0.3, -0.25) is 14.9 Å². The van der Waals surface area contributed by atoms with E-state index in [1.807, 2.05) is 6.20 Å². The van der Waals surface area contributed by atoms with Crippen LogP contribution in [0.25, 0.3) is 0 Å². The quantitative estimate of drug-likeness (QED) is 0.556. The highest BCUT2D eigenvalue weighted by Crippen LogP contribution is 2.40. The van der Waals surface area contributed by atoms with Gasteiger partial charge in [0, 0.05) is 32.1 Å². The summed E-state index contributed by atoms with van der Waals surface area (Å²) in [6.07, 6.45) is 10.6. The van der Waals surface area contributed by atoms with Crippen LogP contribution in [0, 0.1) is 11.8 Å². The van der Waals surface area contributed by atoms with Gasteiger partial charge in [0.25, 0.3) is 0 Å². The fourth-order valence-electron chi connectivity index (χ4n) is 5.44. The molecule has 0 radical (unpaired) electrons. The fraction of sp³-hybridized carbons (Fsp3) is 0.818. The minimum Gasteiger partial charge on any atom is -0.392 e. The maximum Gasteiger partial charge on any atom is 0.247 e. The van der Waals surface area contributed by atoms with Gasteiger partial charge in [-0.2, -0.15) is 0 Å². The maximum atomic E-state index is 14.0. The molecule has 1 saturated heterocycles. The van der Waals surface area contributed by atoms with Crippen molar-refractivity contribution in [1.29, 1.82) is 0 Å². The molecule has 0 bridgehead atoms. The predicted octanol–water partition coefficient (Wildman–Crippen LogP) is 1.71. The highest BCUT2D eigenvalue weighted by Gasteiger charge is 2.54. The molecule has 0 aromatic carbocycles. The monoisotopic (exact) mass is 417 g/mol. The molecule has 1 aliphatic heterocycles. The first-order valence-electron chi connectivity index (χ1n) is 11.6. The van der Waals surface area contributed by atoms with Crippen molar-refractivity contribution in [3.63, 3.8) is 0 Å². The van der Waals surface area contributed by atoms with Crippen molar-refractivity contribution in [3.05, 3.63) is 11.9 Å². The summed E-state index contributed by atoms with van der Waals surface area (Å²) in [5, 5.41) is 24.5. The lowest BCUT2D eigenvalue weighted by molar-refractivity contribution is -0.140. The SMILES string of the molecule is CNC(=O)[C@@]1(C(=O)C(C(C)CC2CCCCC2)n2cc(C3CC3)nn2)CC(O)CN1. The lowest BCUT2D eigenvalue weighted by atomic mass is 9.76. The third-order valence-corrected chi connectivity index (χ3v) is 7.26. The Bertz CT molecular complexity index is 771. The molecule has 8 heteroatoms. The van der Waals surface area contributed by atoms with Crippen LogP contribution in [-0.2, 0) is 9.59 Å². The summed E-state index contributed by atoms with van der Waals surface area (Å²) in [5.74, 6) is 0.474. The topological polar surface area (TPSA) is 109 Å². The number of likely N-dealkylation sites (N-methyl/N-ethyl adjacent to an activating group) is 1. The van der Waals surface area contributed by atoms with Gasteiger partial charge >= 0.3 is 0 Å². The molecule has 0 spiro atoms. The van der Waals surface area contributed by atoms with E-state index in [4.69, 9.17) is 0 Å². The summed E-state index contributed by atoms with van der Waals surface area (Å²) in [4.78, 5) is 26.8. The van der Waals surface area contributed by atoms with E-state index in [2.05, 4.69) is 27.9 Å². The number of nitrogens with one attached hydrogen (secondary N) is 2. The van der Waals surface area contributed by atoms with Gasteiger partial charge in [0.1, 0.15) is 6.04 Å². The maximum absolute atomic E-state index is 14.0. The van der Waals surface area contributed by atoms with Crippen molar-refractivity contribution in [2.75, 3.05) is 13.6 Å². The van der Waals surface area contributed by atoms with Crippen molar-refractivity contribution in [2.45, 2.75) is 88.3 Å². The second kappa shape index (κ2) is 8.75. The van der Waals surface area contributed by atoms with Gasteiger partial charge in [0.2, 0.25) is 5.91 Å². The summed E-state index contributed by atoms with van der Waals surface area (Å²) in [7, 11) is 1.53. The molecule has 3 unspecified atom stereocenters. The number of amides is 1. The third-order valence-electron chi connectivity index (χ3n) is 7.26. The zero-order valence-electron chi connectivity index (χ0n) is 18.1. The van der Waals surface area contributed by atoms with Gasteiger partial charge in [-0.15, -0.1) is 5.10 Å². The number of rotatable bonds is 8. The molecule has 3 aliphatic rings. The van der Waals surface area contributed by atoms with E-state index < -0.39 is 17.7 Å². The number of aromatic nitrogens is 3.